The molecule has 25 heavy (non-hydrogen) atoms. The first-order valence-electron chi connectivity index (χ1n) is 8.95. The summed E-state index contributed by atoms with van der Waals surface area (Å²) in [5, 5.41) is 0. The maximum absolute atomic E-state index is 13.1. The molecule has 4 rings (SSSR count). The quantitative estimate of drug-likeness (QED) is 0.820. The number of nitrogens with zero attached hydrogens (tertiary/aromatic N) is 1. The molecule has 1 fully saturated rings. The van der Waals surface area contributed by atoms with Crippen molar-refractivity contribution in [3.8, 4) is 0 Å². The average molecular weight is 375 g/mol. The van der Waals surface area contributed by atoms with Gasteiger partial charge in [0.2, 0.25) is 0 Å². The van der Waals surface area contributed by atoms with E-state index >= 15 is 0 Å². The second kappa shape index (κ2) is 6.92. The van der Waals surface area contributed by atoms with Crippen molar-refractivity contribution in [1.29, 1.82) is 0 Å². The Labute approximate surface area is 155 Å². The molecule has 0 radical (unpaired) electrons. The number of fused-ring (bicyclic) bond motifs is 1. The number of rotatable bonds is 3. The summed E-state index contributed by atoms with van der Waals surface area (Å²) in [4.78, 5) is 30.4. The van der Waals surface area contributed by atoms with Crippen molar-refractivity contribution in [2.75, 3.05) is 6.54 Å². The van der Waals surface area contributed by atoms with Crippen LogP contribution in [-0.4, -0.2) is 23.3 Å². The Morgan fingerprint density at radius 1 is 1.04 bits per heavy atom. The Kier molecular flexibility index (Phi) is 4.65. The van der Waals surface area contributed by atoms with E-state index in [4.69, 9.17) is 5.73 Å². The maximum Gasteiger partial charge on any atom is 0.264 e. The lowest BCUT2D eigenvalue weighted by Gasteiger charge is -2.23. The number of carbonyl (C=O) groups excluding carboxylic acids is 2. The number of hydrogen-bond donors (Lipinski definition) is 1. The van der Waals surface area contributed by atoms with Crippen molar-refractivity contribution in [2.45, 2.75) is 51.0 Å². The van der Waals surface area contributed by atoms with Crippen LogP contribution in [-0.2, 0) is 12.8 Å². The van der Waals surface area contributed by atoms with Gasteiger partial charge in [0.1, 0.15) is 0 Å². The zero-order valence-electron chi connectivity index (χ0n) is 14.1. The molecule has 2 aromatic heterocycles. The third-order valence-corrected chi connectivity index (χ3v) is 7.60. The predicted octanol–water partition coefficient (Wildman–Crippen LogP) is 4.15. The van der Waals surface area contributed by atoms with Crippen LogP contribution < -0.4 is 5.73 Å². The lowest BCUT2D eigenvalue weighted by molar-refractivity contribution is 0.0742. The molecule has 3 heterocycles. The van der Waals surface area contributed by atoms with E-state index < -0.39 is 5.91 Å². The lowest BCUT2D eigenvalue weighted by Crippen LogP contribution is -2.29. The molecule has 1 aliphatic heterocycles. The Hall–Kier alpha value is -1.66. The molecule has 0 saturated carbocycles. The predicted molar refractivity (Wildman–Crippen MR) is 101 cm³/mol. The number of carbonyl (C=O) groups is 2. The minimum absolute atomic E-state index is 0.0764. The summed E-state index contributed by atoms with van der Waals surface area (Å²) in [5.74, 6) is -0.247. The number of hydrogen-bond acceptors (Lipinski definition) is 4. The van der Waals surface area contributed by atoms with Gasteiger partial charge in [-0.25, -0.2) is 0 Å². The molecule has 0 aromatic carbocycles. The van der Waals surface area contributed by atoms with Gasteiger partial charge in [-0.2, -0.15) is 0 Å². The third kappa shape index (κ3) is 3.25. The topological polar surface area (TPSA) is 63.4 Å². The van der Waals surface area contributed by atoms with Crippen molar-refractivity contribution in [3.63, 3.8) is 0 Å². The van der Waals surface area contributed by atoms with E-state index in [1.807, 2.05) is 11.0 Å². The Morgan fingerprint density at radius 2 is 1.88 bits per heavy atom. The zero-order chi connectivity index (χ0) is 17.4. The molecule has 2 amide bonds. The van der Waals surface area contributed by atoms with Crippen LogP contribution >= 0.6 is 22.7 Å². The fourth-order valence-corrected chi connectivity index (χ4v) is 6.10. The van der Waals surface area contributed by atoms with E-state index in [0.29, 0.717) is 4.88 Å². The van der Waals surface area contributed by atoms with Crippen LogP contribution in [0.15, 0.2) is 18.2 Å². The molecule has 1 unspecified atom stereocenters. The first kappa shape index (κ1) is 16.8. The van der Waals surface area contributed by atoms with Crippen molar-refractivity contribution in [3.05, 3.63) is 43.3 Å². The van der Waals surface area contributed by atoms with Crippen LogP contribution in [0.5, 0.6) is 0 Å². The van der Waals surface area contributed by atoms with E-state index in [1.54, 1.807) is 17.4 Å². The molecular formula is C19H22N2O2S2. The summed E-state index contributed by atoms with van der Waals surface area (Å²) >= 11 is 3.11. The highest BCUT2D eigenvalue weighted by Gasteiger charge is 2.33. The van der Waals surface area contributed by atoms with Crippen LogP contribution in [0.1, 0.15) is 72.8 Å². The van der Waals surface area contributed by atoms with Crippen molar-refractivity contribution in [1.82, 2.24) is 4.90 Å². The summed E-state index contributed by atoms with van der Waals surface area (Å²) in [6, 6.07) is 5.93. The maximum atomic E-state index is 13.1. The van der Waals surface area contributed by atoms with Crippen LogP contribution in [0.4, 0.5) is 0 Å². The van der Waals surface area contributed by atoms with Gasteiger partial charge >= 0.3 is 0 Å². The van der Waals surface area contributed by atoms with E-state index in [1.165, 1.54) is 41.0 Å². The van der Waals surface area contributed by atoms with Crippen LogP contribution in [0.3, 0.4) is 0 Å². The van der Waals surface area contributed by atoms with Gasteiger partial charge < -0.3 is 10.6 Å². The molecule has 1 aliphatic carbocycles. The normalized spacial score (nSPS) is 20.3. The average Bonchev–Trinajstić information content (AvgIpc) is 3.30. The second-order valence-corrected chi connectivity index (χ2v) is 9.09. The summed E-state index contributed by atoms with van der Waals surface area (Å²) in [6.45, 7) is 0.788. The molecule has 0 spiro atoms. The largest absolute Gasteiger partial charge is 0.365 e. The molecule has 2 aromatic rings. The van der Waals surface area contributed by atoms with E-state index in [0.717, 1.165) is 42.0 Å². The first-order valence-corrected chi connectivity index (χ1v) is 10.6. The summed E-state index contributed by atoms with van der Waals surface area (Å²) in [5.41, 5.74) is 6.76. The SMILES string of the molecule is NC(=O)c1ccc(C2CCCN2C(=O)c2cc3c(s2)CCCCC3)s1. The monoisotopic (exact) mass is 374 g/mol. The van der Waals surface area contributed by atoms with E-state index in [9.17, 15) is 9.59 Å². The number of primary amides is 1. The Bertz CT molecular complexity index is 785. The van der Waals surface area contributed by atoms with Gasteiger partial charge in [0.05, 0.1) is 15.8 Å². The highest BCUT2D eigenvalue weighted by Crippen LogP contribution is 2.38. The van der Waals surface area contributed by atoms with Crippen molar-refractivity contribution >= 4 is 34.5 Å². The zero-order valence-corrected chi connectivity index (χ0v) is 15.8. The minimum Gasteiger partial charge on any atom is -0.365 e. The van der Waals surface area contributed by atoms with Gasteiger partial charge in [0, 0.05) is 16.3 Å². The van der Waals surface area contributed by atoms with Gasteiger partial charge in [-0.1, -0.05) is 6.42 Å². The fraction of sp³-hybridized carbons (Fsp3) is 0.474. The van der Waals surface area contributed by atoms with Gasteiger partial charge in [0.15, 0.2) is 0 Å². The van der Waals surface area contributed by atoms with Gasteiger partial charge in [0.25, 0.3) is 11.8 Å². The molecule has 2 N–H and O–H groups in total. The second-order valence-electron chi connectivity index (χ2n) is 6.84. The number of thiophene rings is 2. The first-order chi connectivity index (χ1) is 12.1. The molecule has 1 saturated heterocycles. The molecular weight excluding hydrogens is 352 g/mol. The minimum atomic E-state index is -0.394. The van der Waals surface area contributed by atoms with Gasteiger partial charge in [-0.3, -0.25) is 9.59 Å². The lowest BCUT2D eigenvalue weighted by atomic mass is 10.1. The summed E-state index contributed by atoms with van der Waals surface area (Å²) < 4.78 is 0. The van der Waals surface area contributed by atoms with Crippen molar-refractivity contribution in [2.24, 2.45) is 5.73 Å². The summed E-state index contributed by atoms with van der Waals surface area (Å²) in [6.07, 6.45) is 7.94. The van der Waals surface area contributed by atoms with Crippen LogP contribution in [0.2, 0.25) is 0 Å². The summed E-state index contributed by atoms with van der Waals surface area (Å²) in [7, 11) is 0. The molecule has 2 aliphatic rings. The highest BCUT2D eigenvalue weighted by molar-refractivity contribution is 7.14. The number of amides is 2. The van der Waals surface area contributed by atoms with Crippen LogP contribution in [0.25, 0.3) is 0 Å². The van der Waals surface area contributed by atoms with E-state index in [-0.39, 0.29) is 11.9 Å². The number of nitrogens with two attached hydrogens (primary N) is 1. The molecule has 1 atom stereocenters. The number of aryl methyl sites for hydroxylation is 2. The van der Waals surface area contributed by atoms with Crippen molar-refractivity contribution < 1.29 is 9.59 Å². The molecule has 6 heteroatoms. The van der Waals surface area contributed by atoms with Crippen LogP contribution in [0, 0.1) is 0 Å². The standard InChI is InChI=1S/C19H22N2O2S2/c20-18(22)16-9-8-15(25-16)13-6-4-10-21(13)19(23)17-11-12-5-2-1-3-7-14(12)24-17/h8-9,11,13H,1-7,10H2,(H2,20,22). The highest BCUT2D eigenvalue weighted by atomic mass is 32.1. The fourth-order valence-electron chi connectivity index (χ4n) is 3.88. The van der Waals surface area contributed by atoms with Gasteiger partial charge in [-0.05, 0) is 62.3 Å². The molecule has 0 bridgehead atoms. The smallest absolute Gasteiger partial charge is 0.264 e. The Balaban J connectivity index is 1.57. The molecule has 132 valence electrons. The third-order valence-electron chi connectivity index (χ3n) is 5.17. The van der Waals surface area contributed by atoms with E-state index in [2.05, 4.69) is 6.07 Å². The molecule has 4 nitrogen and oxygen atoms in total. The Morgan fingerprint density at radius 3 is 2.68 bits per heavy atom. The number of likely N-dealkylation sites (tertiary alicyclic amines) is 1. The van der Waals surface area contributed by atoms with Gasteiger partial charge in [-0.15, -0.1) is 22.7 Å².